The van der Waals surface area contributed by atoms with Crippen molar-refractivity contribution in [2.24, 2.45) is 5.73 Å². The van der Waals surface area contributed by atoms with Crippen molar-refractivity contribution in [1.29, 1.82) is 0 Å². The fraction of sp³-hybridized carbons (Fsp3) is 0.267. The number of benzene rings is 1. The van der Waals surface area contributed by atoms with Gasteiger partial charge >= 0.3 is 5.97 Å². The number of aryl methyl sites for hydroxylation is 1. The van der Waals surface area contributed by atoms with Crippen LogP contribution in [0.4, 0.5) is 0 Å². The van der Waals surface area contributed by atoms with Crippen LogP contribution in [0.15, 0.2) is 35.0 Å². The molecule has 1 amide bonds. The van der Waals surface area contributed by atoms with E-state index >= 15 is 0 Å². The maximum atomic E-state index is 12.0. The number of hydrogen-bond acceptors (Lipinski definition) is 5. The summed E-state index contributed by atoms with van der Waals surface area (Å²) in [5.74, 6) is -0.801. The van der Waals surface area contributed by atoms with Gasteiger partial charge in [0, 0.05) is 24.1 Å². The molecular weight excluding hydrogens is 286 g/mol. The molecule has 7 heteroatoms. The van der Waals surface area contributed by atoms with E-state index < -0.39 is 12.0 Å². The Bertz CT molecular complexity index is 681. The van der Waals surface area contributed by atoms with Gasteiger partial charge in [0.2, 0.25) is 0 Å². The van der Waals surface area contributed by atoms with E-state index in [0.29, 0.717) is 12.0 Å². The predicted octanol–water partition coefficient (Wildman–Crippen LogP) is 1.05. The first-order chi connectivity index (χ1) is 10.5. The summed E-state index contributed by atoms with van der Waals surface area (Å²) in [4.78, 5) is 22.7. The number of hydrogen-bond donors (Lipinski definition) is 3. The van der Waals surface area contributed by atoms with Gasteiger partial charge < -0.3 is 20.7 Å². The number of carbonyl (C=O) groups excluding carboxylic acids is 1. The molecule has 116 valence electrons. The highest BCUT2D eigenvalue weighted by molar-refractivity contribution is 5.95. The molecule has 2 aromatic rings. The van der Waals surface area contributed by atoms with E-state index in [2.05, 4.69) is 10.5 Å². The number of carboxylic acid groups (broad SMARTS) is 1. The van der Waals surface area contributed by atoms with Gasteiger partial charge in [0.25, 0.3) is 5.91 Å². The summed E-state index contributed by atoms with van der Waals surface area (Å²) >= 11 is 0. The Labute approximate surface area is 127 Å². The lowest BCUT2D eigenvalue weighted by atomic mass is 10.0. The molecule has 0 aliphatic heterocycles. The zero-order valence-corrected chi connectivity index (χ0v) is 12.1. The van der Waals surface area contributed by atoms with Crippen LogP contribution in [0.1, 0.15) is 23.0 Å². The van der Waals surface area contributed by atoms with E-state index in [1.807, 2.05) is 13.0 Å². The molecule has 0 saturated carbocycles. The quantitative estimate of drug-likeness (QED) is 0.734. The van der Waals surface area contributed by atoms with Crippen molar-refractivity contribution in [3.63, 3.8) is 0 Å². The standard InChI is InChI=1S/C15H17N3O4/c1-2-13-11(7-18-22-13)9-4-3-5-10(6-9)14(19)17-8-12(16)15(20)21/h3-7,12H,2,8,16H2,1H3,(H,17,19)(H,20,21)/t12-/m1/s1. The molecule has 1 atom stereocenters. The van der Waals surface area contributed by atoms with Crippen LogP contribution in [0.5, 0.6) is 0 Å². The molecule has 1 aromatic heterocycles. The summed E-state index contributed by atoms with van der Waals surface area (Å²) in [5.41, 5.74) is 7.41. The number of carbonyl (C=O) groups is 2. The Morgan fingerprint density at radius 1 is 1.45 bits per heavy atom. The van der Waals surface area contributed by atoms with Gasteiger partial charge in [-0.3, -0.25) is 9.59 Å². The van der Waals surface area contributed by atoms with E-state index in [-0.39, 0.29) is 12.5 Å². The first-order valence-corrected chi connectivity index (χ1v) is 6.83. The summed E-state index contributed by atoms with van der Waals surface area (Å²) in [5, 5.41) is 15.0. The molecule has 4 N–H and O–H groups in total. The number of nitrogens with zero attached hydrogens (tertiary/aromatic N) is 1. The van der Waals surface area contributed by atoms with Crippen LogP contribution < -0.4 is 11.1 Å². The lowest BCUT2D eigenvalue weighted by Crippen LogP contribution is -2.42. The highest BCUT2D eigenvalue weighted by atomic mass is 16.5. The number of aromatic nitrogens is 1. The second kappa shape index (κ2) is 6.86. The van der Waals surface area contributed by atoms with Crippen LogP contribution in [-0.2, 0) is 11.2 Å². The summed E-state index contributed by atoms with van der Waals surface area (Å²) < 4.78 is 5.14. The zero-order chi connectivity index (χ0) is 16.1. The molecule has 1 heterocycles. The van der Waals surface area contributed by atoms with Crippen LogP contribution >= 0.6 is 0 Å². The molecule has 0 radical (unpaired) electrons. The van der Waals surface area contributed by atoms with Crippen molar-refractivity contribution in [3.8, 4) is 11.1 Å². The Hall–Kier alpha value is -2.67. The maximum Gasteiger partial charge on any atom is 0.322 e. The average Bonchev–Trinajstić information content (AvgIpc) is 3.00. The van der Waals surface area contributed by atoms with Crippen LogP contribution in [-0.4, -0.2) is 34.7 Å². The number of rotatable bonds is 6. The summed E-state index contributed by atoms with van der Waals surface area (Å²) in [6.07, 6.45) is 2.30. The monoisotopic (exact) mass is 303 g/mol. The van der Waals surface area contributed by atoms with E-state index in [4.69, 9.17) is 15.4 Å². The van der Waals surface area contributed by atoms with Crippen LogP contribution in [0.2, 0.25) is 0 Å². The van der Waals surface area contributed by atoms with Gasteiger partial charge in [0.1, 0.15) is 11.8 Å². The number of carboxylic acids is 1. The minimum atomic E-state index is -1.16. The lowest BCUT2D eigenvalue weighted by Gasteiger charge is -2.09. The molecule has 0 spiro atoms. The van der Waals surface area contributed by atoms with Gasteiger partial charge in [0.05, 0.1) is 6.20 Å². The Balaban J connectivity index is 2.15. The smallest absolute Gasteiger partial charge is 0.322 e. The number of amides is 1. The molecule has 0 fully saturated rings. The van der Waals surface area contributed by atoms with E-state index in [0.717, 1.165) is 16.9 Å². The fourth-order valence-electron chi connectivity index (χ4n) is 1.97. The molecule has 0 bridgehead atoms. The van der Waals surface area contributed by atoms with Crippen LogP contribution in [0, 0.1) is 0 Å². The summed E-state index contributed by atoms with van der Waals surface area (Å²) in [6, 6.07) is 5.81. The molecule has 0 saturated heterocycles. The van der Waals surface area contributed by atoms with Gasteiger partial charge in [-0.15, -0.1) is 0 Å². The van der Waals surface area contributed by atoms with Gasteiger partial charge in [-0.1, -0.05) is 24.2 Å². The second-order valence-corrected chi connectivity index (χ2v) is 4.75. The third-order valence-corrected chi connectivity index (χ3v) is 3.20. The predicted molar refractivity (Wildman–Crippen MR) is 79.3 cm³/mol. The van der Waals surface area contributed by atoms with E-state index in [9.17, 15) is 9.59 Å². The molecule has 0 aliphatic rings. The van der Waals surface area contributed by atoms with Crippen molar-refractivity contribution in [2.75, 3.05) is 6.54 Å². The first kappa shape index (κ1) is 15.7. The molecule has 0 unspecified atom stereocenters. The second-order valence-electron chi connectivity index (χ2n) is 4.75. The number of nitrogens with one attached hydrogen (secondary N) is 1. The van der Waals surface area contributed by atoms with Crippen LogP contribution in [0.3, 0.4) is 0 Å². The molecule has 0 aliphatic carbocycles. The minimum Gasteiger partial charge on any atom is -0.480 e. The number of nitrogens with two attached hydrogens (primary N) is 1. The van der Waals surface area contributed by atoms with Gasteiger partial charge in [-0.25, -0.2) is 0 Å². The zero-order valence-electron chi connectivity index (χ0n) is 12.1. The van der Waals surface area contributed by atoms with Crippen molar-refractivity contribution in [2.45, 2.75) is 19.4 Å². The number of aliphatic carboxylic acids is 1. The van der Waals surface area contributed by atoms with Gasteiger partial charge in [0.15, 0.2) is 0 Å². The molecule has 22 heavy (non-hydrogen) atoms. The normalized spacial score (nSPS) is 11.9. The maximum absolute atomic E-state index is 12.0. The fourth-order valence-corrected chi connectivity index (χ4v) is 1.97. The van der Waals surface area contributed by atoms with Crippen molar-refractivity contribution in [3.05, 3.63) is 41.8 Å². The first-order valence-electron chi connectivity index (χ1n) is 6.83. The van der Waals surface area contributed by atoms with Gasteiger partial charge in [-0.05, 0) is 17.7 Å². The van der Waals surface area contributed by atoms with Crippen molar-refractivity contribution < 1.29 is 19.2 Å². The SMILES string of the molecule is CCc1oncc1-c1cccc(C(=O)NC[C@@H](N)C(=O)O)c1. The lowest BCUT2D eigenvalue weighted by molar-refractivity contribution is -0.138. The summed E-state index contributed by atoms with van der Waals surface area (Å²) in [7, 11) is 0. The molecule has 1 aromatic carbocycles. The minimum absolute atomic E-state index is 0.133. The highest BCUT2D eigenvalue weighted by Gasteiger charge is 2.15. The largest absolute Gasteiger partial charge is 0.480 e. The van der Waals surface area contributed by atoms with Gasteiger partial charge in [-0.2, -0.15) is 0 Å². The Morgan fingerprint density at radius 2 is 2.23 bits per heavy atom. The van der Waals surface area contributed by atoms with Crippen molar-refractivity contribution >= 4 is 11.9 Å². The Morgan fingerprint density at radius 3 is 2.91 bits per heavy atom. The average molecular weight is 303 g/mol. The van der Waals surface area contributed by atoms with E-state index in [1.54, 1.807) is 24.4 Å². The van der Waals surface area contributed by atoms with Crippen molar-refractivity contribution in [1.82, 2.24) is 10.5 Å². The third-order valence-electron chi connectivity index (χ3n) is 3.20. The highest BCUT2D eigenvalue weighted by Crippen LogP contribution is 2.24. The molecule has 2 rings (SSSR count). The van der Waals surface area contributed by atoms with E-state index in [1.165, 1.54) is 0 Å². The molecular formula is C15H17N3O4. The topological polar surface area (TPSA) is 118 Å². The third kappa shape index (κ3) is 3.50. The molecule has 7 nitrogen and oxygen atoms in total. The Kier molecular flexibility index (Phi) is 4.90. The van der Waals surface area contributed by atoms with Crippen LogP contribution in [0.25, 0.3) is 11.1 Å². The summed E-state index contributed by atoms with van der Waals surface area (Å²) in [6.45, 7) is 1.82.